The summed E-state index contributed by atoms with van der Waals surface area (Å²) in [5, 5.41) is 0.214. The lowest BCUT2D eigenvalue weighted by molar-refractivity contribution is 0.0844. The number of hydrogen-bond acceptors (Lipinski definition) is 3. The van der Waals surface area contributed by atoms with Gasteiger partial charge in [0.2, 0.25) is 0 Å². The highest BCUT2D eigenvalue weighted by molar-refractivity contribution is 7.80. The third-order valence-electron chi connectivity index (χ3n) is 1.56. The fourth-order valence-corrected chi connectivity index (χ4v) is 0.947. The Kier molecular flexibility index (Phi) is 3.10. The van der Waals surface area contributed by atoms with Gasteiger partial charge in [0, 0.05) is 0 Å². The minimum Gasteiger partial charge on any atom is -0.375 e. The molecule has 0 aromatic heterocycles. The molecule has 0 saturated carbocycles. The lowest BCUT2D eigenvalue weighted by Gasteiger charge is -2.13. The number of benzene rings is 1. The van der Waals surface area contributed by atoms with Crippen molar-refractivity contribution in [3.05, 3.63) is 35.6 Å². The molecule has 0 saturated heterocycles. The van der Waals surface area contributed by atoms with Gasteiger partial charge in [0.1, 0.15) is 5.82 Å². The molecule has 14 heavy (non-hydrogen) atoms. The number of hydrogen-bond donors (Lipinski definition) is 2. The molecule has 1 amide bonds. The summed E-state index contributed by atoms with van der Waals surface area (Å²) in [6, 6.07) is 5.44. The Bertz CT molecular complexity index is 383. The van der Waals surface area contributed by atoms with Gasteiger partial charge < -0.3 is 5.73 Å². The summed E-state index contributed by atoms with van der Waals surface area (Å²) in [6.45, 7) is 0. The molecule has 0 unspecified atom stereocenters. The zero-order valence-corrected chi connectivity index (χ0v) is 7.92. The van der Waals surface area contributed by atoms with E-state index in [0.29, 0.717) is 5.01 Å². The van der Waals surface area contributed by atoms with Gasteiger partial charge in [-0.2, -0.15) is 0 Å². The Morgan fingerprint density at radius 3 is 2.50 bits per heavy atom. The summed E-state index contributed by atoms with van der Waals surface area (Å²) in [4.78, 5) is 11.4. The summed E-state index contributed by atoms with van der Waals surface area (Å²) in [7, 11) is 0. The van der Waals surface area contributed by atoms with E-state index in [1.165, 1.54) is 18.2 Å². The van der Waals surface area contributed by atoms with Crippen molar-refractivity contribution >= 4 is 23.2 Å². The zero-order valence-electron chi connectivity index (χ0n) is 7.11. The van der Waals surface area contributed by atoms with Crippen molar-refractivity contribution in [2.75, 3.05) is 0 Å². The van der Waals surface area contributed by atoms with E-state index in [9.17, 15) is 9.18 Å². The first-order chi connectivity index (χ1) is 6.54. The Labute approximate surface area is 85.3 Å². The predicted octanol–water partition coefficient (Wildman–Crippen LogP) is 0.385. The van der Waals surface area contributed by atoms with Gasteiger partial charge in [0.25, 0.3) is 5.91 Å². The van der Waals surface area contributed by atoms with Gasteiger partial charge in [-0.15, -0.1) is 0 Å². The summed E-state index contributed by atoms with van der Waals surface area (Å²) < 4.78 is 13.1. The molecule has 0 radical (unpaired) electrons. The van der Waals surface area contributed by atoms with E-state index in [0.717, 1.165) is 6.07 Å². The quantitative estimate of drug-likeness (QED) is 0.306. The summed E-state index contributed by atoms with van der Waals surface area (Å²) in [5.41, 5.74) is 4.95. The number of nitrogens with two attached hydrogens (primary N) is 2. The number of amides is 1. The van der Waals surface area contributed by atoms with Crippen LogP contribution in [0.1, 0.15) is 10.4 Å². The van der Waals surface area contributed by atoms with Gasteiger partial charge in [0.15, 0.2) is 5.11 Å². The molecule has 0 heterocycles. The second-order valence-corrected chi connectivity index (χ2v) is 2.91. The first-order valence-corrected chi connectivity index (χ1v) is 4.08. The van der Waals surface area contributed by atoms with E-state index in [1.807, 2.05) is 0 Å². The molecule has 0 fully saturated rings. The van der Waals surface area contributed by atoms with Gasteiger partial charge in [-0.3, -0.25) is 4.79 Å². The van der Waals surface area contributed by atoms with Crippen molar-refractivity contribution in [3.8, 4) is 0 Å². The molecule has 1 rings (SSSR count). The van der Waals surface area contributed by atoms with Gasteiger partial charge in [0.05, 0.1) is 5.56 Å². The molecule has 0 spiro atoms. The molecule has 0 aliphatic rings. The molecule has 0 bridgehead atoms. The van der Waals surface area contributed by atoms with E-state index in [-0.39, 0.29) is 10.7 Å². The third-order valence-corrected chi connectivity index (χ3v) is 1.76. The van der Waals surface area contributed by atoms with Crippen LogP contribution in [0.4, 0.5) is 4.39 Å². The van der Waals surface area contributed by atoms with Crippen LogP contribution in [0.25, 0.3) is 0 Å². The van der Waals surface area contributed by atoms with E-state index in [4.69, 9.17) is 11.6 Å². The average Bonchev–Trinajstić information content (AvgIpc) is 2.16. The summed E-state index contributed by atoms with van der Waals surface area (Å²) in [6.07, 6.45) is 0. The van der Waals surface area contributed by atoms with Crippen LogP contribution in [0.2, 0.25) is 0 Å². The Morgan fingerprint density at radius 1 is 1.43 bits per heavy atom. The van der Waals surface area contributed by atoms with Crippen molar-refractivity contribution in [2.45, 2.75) is 0 Å². The maximum absolute atomic E-state index is 13.1. The standard InChI is InChI=1S/C8H8FN3OS/c9-6-4-2-1-3-5(6)7(13)12(11)8(10)14/h1-4H,11H2,(H2,10,14). The maximum Gasteiger partial charge on any atom is 0.277 e. The highest BCUT2D eigenvalue weighted by Gasteiger charge is 2.17. The largest absolute Gasteiger partial charge is 0.375 e. The SMILES string of the molecule is NC(=S)N(N)C(=O)c1ccccc1F. The predicted molar refractivity (Wildman–Crippen MR) is 53.5 cm³/mol. The average molecular weight is 213 g/mol. The minimum atomic E-state index is -0.768. The van der Waals surface area contributed by atoms with Gasteiger partial charge >= 0.3 is 0 Å². The minimum absolute atomic E-state index is 0.164. The smallest absolute Gasteiger partial charge is 0.277 e. The first-order valence-electron chi connectivity index (χ1n) is 3.67. The molecule has 4 N–H and O–H groups in total. The van der Waals surface area contributed by atoms with Gasteiger partial charge in [-0.05, 0) is 24.4 Å². The van der Waals surface area contributed by atoms with E-state index in [1.54, 1.807) is 0 Å². The Morgan fingerprint density at radius 2 is 2.00 bits per heavy atom. The molecular weight excluding hydrogens is 205 g/mol. The number of carbonyl (C=O) groups is 1. The van der Waals surface area contributed by atoms with Crippen LogP contribution in [0, 0.1) is 5.82 Å². The maximum atomic E-state index is 13.1. The Balaban J connectivity index is 3.01. The lowest BCUT2D eigenvalue weighted by Crippen LogP contribution is -2.45. The van der Waals surface area contributed by atoms with Crippen LogP contribution in [-0.2, 0) is 0 Å². The highest BCUT2D eigenvalue weighted by atomic mass is 32.1. The molecule has 74 valence electrons. The van der Waals surface area contributed by atoms with Crippen molar-refractivity contribution in [1.29, 1.82) is 0 Å². The van der Waals surface area contributed by atoms with Crippen molar-refractivity contribution in [1.82, 2.24) is 5.01 Å². The van der Waals surface area contributed by atoms with Crippen LogP contribution in [0.3, 0.4) is 0 Å². The summed E-state index contributed by atoms with van der Waals surface area (Å²) >= 11 is 4.47. The molecular formula is C8H8FN3OS. The van der Waals surface area contributed by atoms with Crippen molar-refractivity contribution in [2.24, 2.45) is 11.6 Å². The van der Waals surface area contributed by atoms with Gasteiger partial charge in [-0.25, -0.2) is 15.2 Å². The molecule has 4 nitrogen and oxygen atoms in total. The second kappa shape index (κ2) is 4.12. The van der Waals surface area contributed by atoms with Crippen LogP contribution >= 0.6 is 12.2 Å². The van der Waals surface area contributed by atoms with Crippen LogP contribution in [0.15, 0.2) is 24.3 Å². The van der Waals surface area contributed by atoms with Crippen LogP contribution in [0.5, 0.6) is 0 Å². The molecule has 1 aromatic carbocycles. The monoisotopic (exact) mass is 213 g/mol. The zero-order chi connectivity index (χ0) is 10.7. The molecule has 1 aromatic rings. The van der Waals surface area contributed by atoms with E-state index in [2.05, 4.69) is 12.2 Å². The number of carbonyl (C=O) groups excluding carboxylic acids is 1. The number of rotatable bonds is 1. The third kappa shape index (κ3) is 2.04. The normalized spacial score (nSPS) is 9.57. The van der Waals surface area contributed by atoms with E-state index >= 15 is 0 Å². The number of nitrogens with zero attached hydrogens (tertiary/aromatic N) is 1. The lowest BCUT2D eigenvalue weighted by atomic mass is 10.2. The molecule has 0 aliphatic carbocycles. The molecule has 0 aliphatic heterocycles. The number of thiocarbonyl (C=S) groups is 1. The fraction of sp³-hybridized carbons (Fsp3) is 0. The Hall–Kier alpha value is -1.53. The summed E-state index contributed by atoms with van der Waals surface area (Å²) in [5.74, 6) is 3.78. The molecule has 6 heteroatoms. The number of hydrazine groups is 1. The van der Waals surface area contributed by atoms with Gasteiger partial charge in [-0.1, -0.05) is 12.1 Å². The highest BCUT2D eigenvalue weighted by Crippen LogP contribution is 2.07. The van der Waals surface area contributed by atoms with Crippen LogP contribution in [-0.4, -0.2) is 16.0 Å². The topological polar surface area (TPSA) is 72.3 Å². The van der Waals surface area contributed by atoms with Crippen molar-refractivity contribution in [3.63, 3.8) is 0 Å². The number of halogens is 1. The van der Waals surface area contributed by atoms with E-state index < -0.39 is 11.7 Å². The van der Waals surface area contributed by atoms with Crippen LogP contribution < -0.4 is 11.6 Å². The second-order valence-electron chi connectivity index (χ2n) is 2.49. The first kappa shape index (κ1) is 10.6. The fourth-order valence-electron chi connectivity index (χ4n) is 0.865. The van der Waals surface area contributed by atoms with Crippen molar-refractivity contribution < 1.29 is 9.18 Å². The molecule has 0 atom stereocenters.